The molecule has 124 valence electrons. The first-order chi connectivity index (χ1) is 10.4. The predicted octanol–water partition coefficient (Wildman–Crippen LogP) is 3.48. The van der Waals surface area contributed by atoms with Crippen LogP contribution < -0.4 is 5.32 Å². The van der Waals surface area contributed by atoms with Crippen LogP contribution in [-0.2, 0) is 20.8 Å². The Bertz CT molecular complexity index is 428. The fraction of sp³-hybridized carbons (Fsp3) is 0.588. The Kier molecular flexibility index (Phi) is 7.91. The normalized spacial score (nSPS) is 12.7. The predicted molar refractivity (Wildman–Crippen MR) is 85.5 cm³/mol. The van der Waals surface area contributed by atoms with Gasteiger partial charge in [-0.05, 0) is 32.8 Å². The van der Waals surface area contributed by atoms with Crippen molar-refractivity contribution in [3.63, 3.8) is 0 Å². The fourth-order valence-corrected chi connectivity index (χ4v) is 1.81. The topological polar surface area (TPSA) is 56.8 Å². The van der Waals surface area contributed by atoms with Gasteiger partial charge in [-0.15, -0.1) is 0 Å². The minimum Gasteiger partial charge on any atom is -0.444 e. The molecular weight excluding hydrogens is 282 g/mol. The van der Waals surface area contributed by atoms with Crippen molar-refractivity contribution in [2.45, 2.75) is 52.1 Å². The van der Waals surface area contributed by atoms with Crippen molar-refractivity contribution >= 4 is 6.09 Å². The molecule has 0 aliphatic carbocycles. The number of amides is 1. The standard InChI is InChI=1S/C17H27NO4/c1-17(2,3)22-16(19)18-12-8-11-15(20-4)21-13-14-9-6-5-7-10-14/h5-7,9-10,15H,8,11-13H2,1-4H3,(H,18,19)/t15-/m0/s1. The van der Waals surface area contributed by atoms with Crippen molar-refractivity contribution in [3.8, 4) is 0 Å². The van der Waals surface area contributed by atoms with Crippen LogP contribution in [0.15, 0.2) is 30.3 Å². The van der Waals surface area contributed by atoms with Crippen LogP contribution in [-0.4, -0.2) is 31.6 Å². The maximum Gasteiger partial charge on any atom is 0.407 e. The number of hydrogen-bond acceptors (Lipinski definition) is 4. The first-order valence-electron chi connectivity index (χ1n) is 7.56. The highest BCUT2D eigenvalue weighted by molar-refractivity contribution is 5.67. The van der Waals surface area contributed by atoms with E-state index in [4.69, 9.17) is 14.2 Å². The smallest absolute Gasteiger partial charge is 0.407 e. The second-order valence-corrected chi connectivity index (χ2v) is 6.03. The summed E-state index contributed by atoms with van der Waals surface area (Å²) in [5.74, 6) is 0. The Morgan fingerprint density at radius 2 is 1.91 bits per heavy atom. The van der Waals surface area contributed by atoms with E-state index in [1.807, 2.05) is 51.1 Å². The molecule has 0 aliphatic rings. The van der Waals surface area contributed by atoms with Gasteiger partial charge in [-0.25, -0.2) is 4.79 Å². The number of carbonyl (C=O) groups excluding carboxylic acids is 1. The zero-order valence-electron chi connectivity index (χ0n) is 13.9. The number of carbonyl (C=O) groups is 1. The number of hydrogen-bond donors (Lipinski definition) is 1. The molecule has 1 rings (SSSR count). The van der Waals surface area contributed by atoms with Gasteiger partial charge in [0.05, 0.1) is 6.61 Å². The van der Waals surface area contributed by atoms with Crippen molar-refractivity contribution in [1.29, 1.82) is 0 Å². The third-order valence-electron chi connectivity index (χ3n) is 2.83. The summed E-state index contributed by atoms with van der Waals surface area (Å²) in [6.07, 6.45) is 0.790. The quantitative estimate of drug-likeness (QED) is 0.590. The van der Waals surface area contributed by atoms with Gasteiger partial charge in [0.25, 0.3) is 0 Å². The van der Waals surface area contributed by atoms with Gasteiger partial charge in [0.1, 0.15) is 5.60 Å². The highest BCUT2D eigenvalue weighted by Crippen LogP contribution is 2.09. The monoisotopic (exact) mass is 309 g/mol. The molecule has 5 nitrogen and oxygen atoms in total. The number of benzene rings is 1. The molecule has 0 saturated carbocycles. The molecule has 0 saturated heterocycles. The molecule has 1 atom stereocenters. The van der Waals surface area contributed by atoms with E-state index >= 15 is 0 Å². The van der Waals surface area contributed by atoms with E-state index in [1.54, 1.807) is 7.11 Å². The molecule has 1 amide bonds. The molecule has 0 bridgehead atoms. The summed E-state index contributed by atoms with van der Waals surface area (Å²) in [4.78, 5) is 11.5. The molecule has 0 radical (unpaired) electrons. The van der Waals surface area contributed by atoms with Gasteiger partial charge in [0.2, 0.25) is 0 Å². The summed E-state index contributed by atoms with van der Waals surface area (Å²) in [7, 11) is 1.62. The van der Waals surface area contributed by atoms with Crippen LogP contribution in [0.1, 0.15) is 39.2 Å². The summed E-state index contributed by atoms with van der Waals surface area (Å²) >= 11 is 0. The van der Waals surface area contributed by atoms with E-state index in [9.17, 15) is 4.79 Å². The van der Waals surface area contributed by atoms with Gasteiger partial charge in [0.15, 0.2) is 6.29 Å². The highest BCUT2D eigenvalue weighted by Gasteiger charge is 2.15. The van der Waals surface area contributed by atoms with E-state index in [0.717, 1.165) is 12.0 Å². The van der Waals surface area contributed by atoms with Crippen molar-refractivity contribution in [2.75, 3.05) is 13.7 Å². The van der Waals surface area contributed by atoms with Gasteiger partial charge in [0, 0.05) is 20.1 Å². The first kappa shape index (κ1) is 18.5. The molecule has 0 heterocycles. The Morgan fingerprint density at radius 3 is 2.50 bits per heavy atom. The molecule has 5 heteroatoms. The second-order valence-electron chi connectivity index (χ2n) is 6.03. The highest BCUT2D eigenvalue weighted by atomic mass is 16.7. The van der Waals surface area contributed by atoms with Crippen LogP contribution in [0.25, 0.3) is 0 Å². The molecule has 1 aromatic carbocycles. The molecule has 0 unspecified atom stereocenters. The third kappa shape index (κ3) is 8.64. The van der Waals surface area contributed by atoms with Crippen molar-refractivity contribution in [2.24, 2.45) is 0 Å². The number of rotatable bonds is 8. The molecule has 0 aromatic heterocycles. The summed E-state index contributed by atoms with van der Waals surface area (Å²) in [6, 6.07) is 9.95. The fourth-order valence-electron chi connectivity index (χ4n) is 1.81. The van der Waals surface area contributed by atoms with Crippen LogP contribution in [0, 0.1) is 0 Å². The van der Waals surface area contributed by atoms with Crippen LogP contribution in [0.5, 0.6) is 0 Å². The summed E-state index contributed by atoms with van der Waals surface area (Å²) < 4.78 is 16.2. The van der Waals surface area contributed by atoms with Crippen molar-refractivity contribution in [3.05, 3.63) is 35.9 Å². The Morgan fingerprint density at radius 1 is 1.23 bits per heavy atom. The number of ether oxygens (including phenoxy) is 3. The average molecular weight is 309 g/mol. The maximum absolute atomic E-state index is 11.5. The largest absolute Gasteiger partial charge is 0.444 e. The summed E-state index contributed by atoms with van der Waals surface area (Å²) in [5, 5.41) is 2.72. The maximum atomic E-state index is 11.5. The first-order valence-corrected chi connectivity index (χ1v) is 7.56. The zero-order chi connectivity index (χ0) is 16.4. The zero-order valence-corrected chi connectivity index (χ0v) is 13.9. The van der Waals surface area contributed by atoms with E-state index in [1.165, 1.54) is 0 Å². The third-order valence-corrected chi connectivity index (χ3v) is 2.83. The lowest BCUT2D eigenvalue weighted by molar-refractivity contribution is -0.135. The van der Waals surface area contributed by atoms with Crippen molar-refractivity contribution in [1.82, 2.24) is 5.32 Å². The molecule has 1 aromatic rings. The van der Waals surface area contributed by atoms with Gasteiger partial charge < -0.3 is 19.5 Å². The van der Waals surface area contributed by atoms with Crippen LogP contribution in [0.2, 0.25) is 0 Å². The summed E-state index contributed by atoms with van der Waals surface area (Å²) in [5.41, 5.74) is 0.634. The van der Waals surface area contributed by atoms with Crippen LogP contribution in [0.4, 0.5) is 4.79 Å². The Hall–Kier alpha value is -1.59. The molecule has 22 heavy (non-hydrogen) atoms. The molecular formula is C17H27NO4. The van der Waals surface area contributed by atoms with E-state index in [2.05, 4.69) is 5.32 Å². The van der Waals surface area contributed by atoms with E-state index in [-0.39, 0.29) is 6.29 Å². The van der Waals surface area contributed by atoms with E-state index in [0.29, 0.717) is 19.6 Å². The minimum absolute atomic E-state index is 0.277. The minimum atomic E-state index is -0.474. The molecule has 0 fully saturated rings. The van der Waals surface area contributed by atoms with Gasteiger partial charge in [-0.3, -0.25) is 0 Å². The van der Waals surface area contributed by atoms with Crippen molar-refractivity contribution < 1.29 is 19.0 Å². The lowest BCUT2D eigenvalue weighted by Gasteiger charge is -2.20. The lowest BCUT2D eigenvalue weighted by atomic mass is 10.2. The Balaban J connectivity index is 2.17. The molecule has 1 N–H and O–H groups in total. The number of alkyl carbamates (subject to hydrolysis) is 1. The number of nitrogens with one attached hydrogen (secondary N) is 1. The van der Waals surface area contributed by atoms with Crippen LogP contribution in [0.3, 0.4) is 0 Å². The Labute approximate surface area is 132 Å². The van der Waals surface area contributed by atoms with Gasteiger partial charge >= 0.3 is 6.09 Å². The van der Waals surface area contributed by atoms with Crippen LogP contribution >= 0.6 is 0 Å². The van der Waals surface area contributed by atoms with Gasteiger partial charge in [-0.1, -0.05) is 30.3 Å². The van der Waals surface area contributed by atoms with E-state index < -0.39 is 11.7 Å². The number of methoxy groups -OCH3 is 1. The second kappa shape index (κ2) is 9.43. The average Bonchev–Trinajstić information content (AvgIpc) is 2.46. The summed E-state index contributed by atoms with van der Waals surface area (Å²) in [6.45, 7) is 6.56. The lowest BCUT2D eigenvalue weighted by Crippen LogP contribution is -2.33. The van der Waals surface area contributed by atoms with Gasteiger partial charge in [-0.2, -0.15) is 0 Å². The molecule has 0 aliphatic heterocycles. The SMILES string of the molecule is CO[C@H](CCCNC(=O)OC(C)(C)C)OCc1ccccc1. The molecule has 0 spiro atoms.